The van der Waals surface area contributed by atoms with Crippen molar-refractivity contribution in [1.29, 1.82) is 0 Å². The molecule has 2 aliphatic rings. The molecule has 0 fully saturated rings. The molecule has 2 aliphatic heterocycles. The van der Waals surface area contributed by atoms with Gasteiger partial charge in [0, 0.05) is 22.2 Å². The van der Waals surface area contributed by atoms with Crippen LogP contribution in [0.5, 0.6) is 11.5 Å². The van der Waals surface area contributed by atoms with Gasteiger partial charge in [-0.2, -0.15) is 0 Å². The third kappa shape index (κ3) is 5.40. The first kappa shape index (κ1) is 29.9. The lowest BCUT2D eigenvalue weighted by Crippen LogP contribution is -2.52. The van der Waals surface area contributed by atoms with Crippen LogP contribution in [0.4, 0.5) is 0 Å². The number of hydrogen-bond acceptors (Lipinski definition) is 2. The van der Waals surface area contributed by atoms with Crippen LogP contribution in [0.3, 0.4) is 0 Å². The van der Waals surface area contributed by atoms with E-state index in [0.717, 1.165) is 78.2 Å². The summed E-state index contributed by atoms with van der Waals surface area (Å²) >= 11 is 0. The minimum absolute atomic E-state index is 0.170. The smallest absolute Gasteiger partial charge is 0.260 e. The normalized spacial score (nSPS) is 14.9. The van der Waals surface area contributed by atoms with Gasteiger partial charge in [-0.25, -0.2) is 0 Å². The van der Waals surface area contributed by atoms with E-state index in [4.69, 9.17) is 9.47 Å². The van der Waals surface area contributed by atoms with E-state index in [-0.39, 0.29) is 6.71 Å². The molecule has 0 amide bonds. The maximum atomic E-state index is 7.16. The highest BCUT2D eigenvalue weighted by molar-refractivity contribution is 6.93. The maximum absolute atomic E-state index is 7.16. The Labute approximate surface area is 278 Å². The van der Waals surface area contributed by atoms with E-state index in [1.165, 1.54) is 0 Å². The highest BCUT2D eigenvalue weighted by Gasteiger charge is 2.45. The second-order valence-corrected chi connectivity index (χ2v) is 11.7. The van der Waals surface area contributed by atoms with Crippen LogP contribution in [0.15, 0.2) is 193 Å². The number of ether oxygens (including phenoxy) is 2. The first-order chi connectivity index (χ1) is 23.1. The molecule has 0 saturated carbocycles. The van der Waals surface area contributed by atoms with E-state index in [9.17, 15) is 0 Å². The minimum Gasteiger partial charge on any atom is -0.457 e. The highest BCUT2D eigenvalue weighted by atomic mass is 16.5. The summed E-state index contributed by atoms with van der Waals surface area (Å²) in [6.45, 7) is 12.5. The molecule has 2 heterocycles. The molecule has 0 bridgehead atoms. The fourth-order valence-corrected chi connectivity index (χ4v) is 6.64. The third-order valence-electron chi connectivity index (χ3n) is 8.96. The Hall–Kier alpha value is -5.80. The van der Waals surface area contributed by atoms with Gasteiger partial charge in [0.1, 0.15) is 23.0 Å². The van der Waals surface area contributed by atoms with Crippen molar-refractivity contribution in [2.24, 2.45) is 0 Å². The van der Waals surface area contributed by atoms with Gasteiger partial charge >= 0.3 is 0 Å². The Bertz CT molecular complexity index is 2120. The van der Waals surface area contributed by atoms with Crippen LogP contribution >= 0.6 is 0 Å². The standard InChI is InChI=1S/C44H35BO2/c1-5-7-19-32(6-2)30(3)41-40-42(31(4)33-20-11-8-12-21-33)47-44-37(35-24-15-10-16-25-35)27-18-29-39(44)45(40)38-28-17-26-36(43(38)46-41)34-22-13-9-14-23-34/h5-29H,1,3H2,2,4H3/b19-7-,32-6+,42-31-. The van der Waals surface area contributed by atoms with E-state index in [1.54, 1.807) is 6.08 Å². The molecule has 0 atom stereocenters. The van der Waals surface area contributed by atoms with Gasteiger partial charge in [0.2, 0.25) is 0 Å². The van der Waals surface area contributed by atoms with Crippen molar-refractivity contribution in [3.63, 3.8) is 0 Å². The van der Waals surface area contributed by atoms with Gasteiger partial charge in [-0.15, -0.1) is 0 Å². The fourth-order valence-electron chi connectivity index (χ4n) is 6.64. The van der Waals surface area contributed by atoms with Crippen molar-refractivity contribution in [2.75, 3.05) is 0 Å². The van der Waals surface area contributed by atoms with E-state index in [1.807, 2.05) is 37.3 Å². The molecule has 2 nitrogen and oxygen atoms in total. The number of rotatable bonds is 7. The molecular formula is C44H35BO2. The monoisotopic (exact) mass is 606 g/mol. The van der Waals surface area contributed by atoms with Crippen LogP contribution in [0.2, 0.25) is 0 Å². The zero-order chi connectivity index (χ0) is 32.3. The van der Waals surface area contributed by atoms with E-state index in [0.29, 0.717) is 5.76 Å². The van der Waals surface area contributed by atoms with E-state index < -0.39 is 0 Å². The van der Waals surface area contributed by atoms with E-state index in [2.05, 4.69) is 135 Å². The first-order valence-corrected chi connectivity index (χ1v) is 16.0. The molecule has 0 aromatic heterocycles. The quantitative estimate of drug-likeness (QED) is 0.136. The number of benzene rings is 5. The molecule has 0 saturated heterocycles. The van der Waals surface area contributed by atoms with Crippen LogP contribution in [0, 0.1) is 0 Å². The van der Waals surface area contributed by atoms with Crippen LogP contribution in [-0.4, -0.2) is 6.71 Å². The molecule has 5 aromatic carbocycles. The predicted molar refractivity (Wildman–Crippen MR) is 198 cm³/mol. The summed E-state index contributed by atoms with van der Waals surface area (Å²) in [5, 5.41) is 0. The minimum atomic E-state index is -0.170. The van der Waals surface area contributed by atoms with Gasteiger partial charge in [0.25, 0.3) is 6.71 Å². The highest BCUT2D eigenvalue weighted by Crippen LogP contribution is 2.45. The lowest BCUT2D eigenvalue weighted by atomic mass is 9.33. The molecule has 0 N–H and O–H groups in total. The number of fused-ring (bicyclic) bond motifs is 5. The van der Waals surface area contributed by atoms with Crippen LogP contribution in [0.25, 0.3) is 27.8 Å². The van der Waals surface area contributed by atoms with Crippen LogP contribution in [0.1, 0.15) is 19.4 Å². The van der Waals surface area contributed by atoms with Crippen molar-refractivity contribution in [3.05, 3.63) is 199 Å². The molecule has 47 heavy (non-hydrogen) atoms. The largest absolute Gasteiger partial charge is 0.457 e. The molecular weight excluding hydrogens is 571 g/mol. The van der Waals surface area contributed by atoms with Gasteiger partial charge < -0.3 is 9.47 Å². The Balaban J connectivity index is 1.59. The fraction of sp³-hybridized carbons (Fsp3) is 0.0455. The first-order valence-electron chi connectivity index (χ1n) is 16.0. The van der Waals surface area contributed by atoms with Gasteiger partial charge in [-0.1, -0.05) is 165 Å². The van der Waals surface area contributed by atoms with Crippen molar-refractivity contribution in [3.8, 4) is 33.8 Å². The molecule has 3 heteroatoms. The second-order valence-electron chi connectivity index (χ2n) is 11.7. The predicted octanol–water partition coefficient (Wildman–Crippen LogP) is 9.88. The van der Waals surface area contributed by atoms with Gasteiger partial charge in [-0.3, -0.25) is 0 Å². The third-order valence-corrected chi connectivity index (χ3v) is 8.96. The Morgan fingerprint density at radius 2 is 1.19 bits per heavy atom. The topological polar surface area (TPSA) is 18.5 Å². The molecule has 0 aliphatic carbocycles. The lowest BCUT2D eigenvalue weighted by Gasteiger charge is -2.37. The Morgan fingerprint density at radius 3 is 1.72 bits per heavy atom. The van der Waals surface area contributed by atoms with Crippen molar-refractivity contribution in [1.82, 2.24) is 0 Å². The SMILES string of the molecule is C=C/C=C\C(=C/C)C(=C)C1=C2B(c3cccc(-c4ccccc4)c3O1)c1cccc(-c3ccccc3)c1O/C2=C(/C)c1ccccc1. The van der Waals surface area contributed by atoms with Crippen molar-refractivity contribution < 1.29 is 9.47 Å². The molecule has 0 unspecified atom stereocenters. The molecule has 7 rings (SSSR count). The molecule has 5 aromatic rings. The van der Waals surface area contributed by atoms with Gasteiger partial charge in [0.15, 0.2) is 0 Å². The molecule has 0 spiro atoms. The molecule has 0 radical (unpaired) electrons. The average molecular weight is 607 g/mol. The Morgan fingerprint density at radius 1 is 0.660 bits per heavy atom. The Kier molecular flexibility index (Phi) is 8.21. The number of hydrogen-bond donors (Lipinski definition) is 0. The summed E-state index contributed by atoms with van der Waals surface area (Å²) in [5.41, 5.74) is 11.3. The summed E-state index contributed by atoms with van der Waals surface area (Å²) in [6, 6.07) is 44.3. The van der Waals surface area contributed by atoms with Crippen molar-refractivity contribution >= 4 is 23.2 Å². The van der Waals surface area contributed by atoms with Crippen LogP contribution in [-0.2, 0) is 0 Å². The summed E-state index contributed by atoms with van der Waals surface area (Å²) in [6.07, 6.45) is 7.79. The second kappa shape index (κ2) is 12.9. The lowest BCUT2D eigenvalue weighted by molar-refractivity contribution is 0.409. The van der Waals surface area contributed by atoms with E-state index >= 15 is 0 Å². The summed E-state index contributed by atoms with van der Waals surface area (Å²) in [4.78, 5) is 0. The van der Waals surface area contributed by atoms with Crippen molar-refractivity contribution in [2.45, 2.75) is 13.8 Å². The number of allylic oxidation sites excluding steroid dienone is 7. The van der Waals surface area contributed by atoms with Crippen LogP contribution < -0.4 is 20.4 Å². The zero-order valence-electron chi connectivity index (χ0n) is 26.7. The summed E-state index contributed by atoms with van der Waals surface area (Å²) in [5.74, 6) is 3.18. The summed E-state index contributed by atoms with van der Waals surface area (Å²) < 4.78 is 14.3. The number of para-hydroxylation sites is 2. The zero-order valence-corrected chi connectivity index (χ0v) is 26.7. The average Bonchev–Trinajstić information content (AvgIpc) is 3.14. The van der Waals surface area contributed by atoms with Gasteiger partial charge in [-0.05, 0) is 52.6 Å². The molecule has 226 valence electrons. The maximum Gasteiger partial charge on any atom is 0.260 e. The summed E-state index contributed by atoms with van der Waals surface area (Å²) in [7, 11) is 0. The van der Waals surface area contributed by atoms with Gasteiger partial charge in [0.05, 0.1) is 0 Å².